The Hall–Kier alpha value is -2.40. The number of carbonyl (C=O) groups is 2. The number of carbonyl (C=O) groups excluding carboxylic acids is 2. The van der Waals surface area contributed by atoms with E-state index in [1.165, 1.54) is 0 Å². The maximum atomic E-state index is 15.2. The first kappa shape index (κ1) is 25.3. The molecule has 3 saturated heterocycles. The lowest BCUT2D eigenvalue weighted by Crippen LogP contribution is -2.57. The molecule has 36 heavy (non-hydrogen) atoms. The molecule has 1 N–H and O–H groups in total. The molecule has 1 aromatic heterocycles. The normalized spacial score (nSPS) is 23.8. The van der Waals surface area contributed by atoms with E-state index in [-0.39, 0.29) is 57.8 Å². The highest BCUT2D eigenvalue weighted by molar-refractivity contribution is 9.10. The van der Waals surface area contributed by atoms with Gasteiger partial charge in [-0.25, -0.2) is 9.18 Å². The first-order chi connectivity index (χ1) is 17.0. The van der Waals surface area contributed by atoms with Crippen LogP contribution >= 0.6 is 27.5 Å². The van der Waals surface area contributed by atoms with E-state index in [1.54, 1.807) is 6.07 Å². The molecular formula is C24H28BrClFN5O4. The average Bonchev–Trinajstić information content (AvgIpc) is 3.34. The average molecular weight is 585 g/mol. The van der Waals surface area contributed by atoms with E-state index in [4.69, 9.17) is 21.1 Å². The minimum Gasteiger partial charge on any atom is -0.461 e. The molecule has 2 amide bonds. The number of rotatable bonds is 4. The first-order valence-corrected chi connectivity index (χ1v) is 13.2. The van der Waals surface area contributed by atoms with E-state index in [2.05, 4.69) is 31.2 Å². The largest absolute Gasteiger partial charge is 0.461 e. The van der Waals surface area contributed by atoms with Crippen LogP contribution in [-0.2, 0) is 9.53 Å². The van der Waals surface area contributed by atoms with Crippen LogP contribution in [0.1, 0.15) is 46.5 Å². The van der Waals surface area contributed by atoms with Crippen molar-refractivity contribution in [1.82, 2.24) is 20.2 Å². The number of benzene rings is 1. The highest BCUT2D eigenvalue weighted by atomic mass is 79.9. The lowest BCUT2D eigenvalue weighted by Gasteiger charge is -2.42. The molecule has 3 aliphatic rings. The Morgan fingerprint density at radius 2 is 1.94 bits per heavy atom. The van der Waals surface area contributed by atoms with Gasteiger partial charge < -0.3 is 19.7 Å². The minimum atomic E-state index is -0.601. The number of fused-ring (bicyclic) bond motifs is 3. The lowest BCUT2D eigenvalue weighted by atomic mass is 10.1. The van der Waals surface area contributed by atoms with Crippen LogP contribution in [0.5, 0.6) is 6.01 Å². The monoisotopic (exact) mass is 583 g/mol. The molecule has 3 fully saturated rings. The molecule has 0 radical (unpaired) electrons. The van der Waals surface area contributed by atoms with Crippen molar-refractivity contribution in [2.24, 2.45) is 0 Å². The Balaban J connectivity index is 1.46. The van der Waals surface area contributed by atoms with Gasteiger partial charge >= 0.3 is 12.1 Å². The molecule has 1 aromatic carbocycles. The van der Waals surface area contributed by atoms with E-state index in [9.17, 15) is 9.59 Å². The molecule has 2 aromatic rings. The van der Waals surface area contributed by atoms with E-state index in [1.807, 2.05) is 30.6 Å². The number of hydrogen-bond acceptors (Lipinski definition) is 7. The number of nitrogens with zero attached hydrogens (tertiary/aromatic N) is 4. The summed E-state index contributed by atoms with van der Waals surface area (Å²) in [6.45, 7) is 6.76. The van der Waals surface area contributed by atoms with Crippen molar-refractivity contribution >= 4 is 56.3 Å². The zero-order valence-corrected chi connectivity index (χ0v) is 22.7. The summed E-state index contributed by atoms with van der Waals surface area (Å²) in [4.78, 5) is 37.3. The van der Waals surface area contributed by atoms with Gasteiger partial charge in [-0.3, -0.25) is 9.69 Å². The number of ether oxygens (including phenoxy) is 2. The molecular weight excluding hydrogens is 557 g/mol. The van der Waals surface area contributed by atoms with Gasteiger partial charge in [0.25, 0.3) is 0 Å². The van der Waals surface area contributed by atoms with Crippen LogP contribution in [0.3, 0.4) is 0 Å². The number of nitrogens with one attached hydrogen (secondary N) is 1. The fourth-order valence-electron chi connectivity index (χ4n) is 5.11. The molecule has 5 rings (SSSR count). The molecule has 0 saturated carbocycles. The maximum Gasteiger partial charge on any atom is 0.410 e. The van der Waals surface area contributed by atoms with Crippen molar-refractivity contribution < 1.29 is 23.5 Å². The highest BCUT2D eigenvalue weighted by Gasteiger charge is 2.45. The number of anilines is 1. The van der Waals surface area contributed by atoms with Gasteiger partial charge in [-0.1, -0.05) is 11.6 Å². The van der Waals surface area contributed by atoms with Crippen LogP contribution in [-0.4, -0.2) is 70.3 Å². The second-order valence-electron chi connectivity index (χ2n) is 10.5. The Morgan fingerprint density at radius 3 is 2.56 bits per heavy atom. The Kier molecular flexibility index (Phi) is 6.65. The number of piperazine rings is 1. The van der Waals surface area contributed by atoms with Crippen molar-refractivity contribution in [3.05, 3.63) is 21.4 Å². The van der Waals surface area contributed by atoms with Gasteiger partial charge in [0.05, 0.1) is 27.6 Å². The number of amides is 2. The van der Waals surface area contributed by atoms with Gasteiger partial charge in [0, 0.05) is 24.9 Å². The van der Waals surface area contributed by atoms with Gasteiger partial charge in [-0.05, 0) is 62.0 Å². The van der Waals surface area contributed by atoms with Gasteiger partial charge in [0.15, 0.2) is 5.82 Å². The zero-order chi connectivity index (χ0) is 25.8. The predicted octanol–water partition coefficient (Wildman–Crippen LogP) is 4.43. The highest BCUT2D eigenvalue weighted by Crippen LogP contribution is 2.39. The van der Waals surface area contributed by atoms with Gasteiger partial charge in [-0.2, -0.15) is 9.97 Å². The third-order valence-corrected chi connectivity index (χ3v) is 7.97. The predicted molar refractivity (Wildman–Crippen MR) is 136 cm³/mol. The van der Waals surface area contributed by atoms with E-state index < -0.39 is 11.4 Å². The van der Waals surface area contributed by atoms with Crippen LogP contribution in [0.2, 0.25) is 5.02 Å². The van der Waals surface area contributed by atoms with Crippen molar-refractivity contribution in [3.8, 4) is 6.01 Å². The fraction of sp³-hybridized carbons (Fsp3) is 0.583. The summed E-state index contributed by atoms with van der Waals surface area (Å²) in [5.74, 6) is -0.123. The number of aromatic nitrogens is 2. The van der Waals surface area contributed by atoms with E-state index in [0.29, 0.717) is 37.1 Å². The first-order valence-electron chi connectivity index (χ1n) is 12.0. The van der Waals surface area contributed by atoms with Crippen LogP contribution in [0, 0.1) is 5.82 Å². The summed E-state index contributed by atoms with van der Waals surface area (Å²) in [6.07, 6.45) is 2.47. The second-order valence-corrected chi connectivity index (χ2v) is 11.7. The zero-order valence-electron chi connectivity index (χ0n) is 20.3. The molecule has 194 valence electrons. The van der Waals surface area contributed by atoms with Crippen LogP contribution in [0.15, 0.2) is 10.5 Å². The fourth-order valence-corrected chi connectivity index (χ4v) is 5.60. The van der Waals surface area contributed by atoms with Crippen molar-refractivity contribution in [1.29, 1.82) is 0 Å². The summed E-state index contributed by atoms with van der Waals surface area (Å²) in [5.41, 5.74) is -0.493. The minimum absolute atomic E-state index is 0.0216. The maximum absolute atomic E-state index is 15.2. The molecule has 12 heteroatoms. The number of hydrogen-bond donors (Lipinski definition) is 1. The smallest absolute Gasteiger partial charge is 0.410 e. The van der Waals surface area contributed by atoms with Crippen LogP contribution < -0.4 is 15.0 Å². The summed E-state index contributed by atoms with van der Waals surface area (Å²) in [7, 11) is 0. The van der Waals surface area contributed by atoms with Crippen molar-refractivity contribution in [3.63, 3.8) is 0 Å². The van der Waals surface area contributed by atoms with Crippen molar-refractivity contribution in [2.75, 3.05) is 24.6 Å². The third-order valence-electron chi connectivity index (χ3n) is 6.67. The molecule has 0 aliphatic carbocycles. The quantitative estimate of drug-likeness (QED) is 0.531. The van der Waals surface area contributed by atoms with Gasteiger partial charge in [-0.15, -0.1) is 0 Å². The molecule has 4 heterocycles. The Morgan fingerprint density at radius 1 is 1.25 bits per heavy atom. The number of halogens is 3. The van der Waals surface area contributed by atoms with E-state index >= 15 is 4.39 Å². The topological polar surface area (TPSA) is 96.9 Å². The summed E-state index contributed by atoms with van der Waals surface area (Å²) in [5, 5.41) is 3.52. The second kappa shape index (κ2) is 9.48. The standard InChI is InChI=1S/C24H28BrClFN5O4/c1-24(2,3)36-23(34)32-13-5-6-14(32)10-31(9-13)21-15-8-16(26)18(25)19(27)20(15)29-22(30-21)35-11-12-4-7-17(33)28-12/h8,12-14H,4-7,9-11H2,1-3H3,(H,28,33). The van der Waals surface area contributed by atoms with Gasteiger partial charge in [0.1, 0.15) is 23.5 Å². The van der Waals surface area contributed by atoms with E-state index in [0.717, 1.165) is 12.8 Å². The molecule has 0 spiro atoms. The van der Waals surface area contributed by atoms with Crippen LogP contribution in [0.4, 0.5) is 15.0 Å². The van der Waals surface area contributed by atoms with Crippen molar-refractivity contribution in [2.45, 2.75) is 70.2 Å². The summed E-state index contributed by atoms with van der Waals surface area (Å²) < 4.78 is 26.8. The lowest BCUT2D eigenvalue weighted by molar-refractivity contribution is -0.119. The molecule has 2 bridgehead atoms. The molecule has 3 unspecified atom stereocenters. The summed E-state index contributed by atoms with van der Waals surface area (Å²) >= 11 is 9.49. The Labute approximate surface area is 221 Å². The Bertz CT molecular complexity index is 1210. The summed E-state index contributed by atoms with van der Waals surface area (Å²) in [6, 6.07) is 1.40. The van der Waals surface area contributed by atoms with Crippen LogP contribution in [0.25, 0.3) is 10.9 Å². The SMILES string of the molecule is CC(C)(C)OC(=O)N1C2CCC1CN(c1nc(OCC3CCC(=O)N3)nc3c(F)c(Br)c(Cl)cc13)C2. The molecule has 3 aliphatic heterocycles. The van der Waals surface area contributed by atoms with Gasteiger partial charge in [0.2, 0.25) is 5.91 Å². The third kappa shape index (κ3) is 4.91. The molecule has 3 atom stereocenters. The molecule has 9 nitrogen and oxygen atoms in total.